The third-order valence-corrected chi connectivity index (χ3v) is 7.56. The molecule has 3 aromatic rings. The van der Waals surface area contributed by atoms with Gasteiger partial charge in [0.25, 0.3) is 5.91 Å². The summed E-state index contributed by atoms with van der Waals surface area (Å²) in [5.74, 6) is -2.83. The maximum atomic E-state index is 14.9. The van der Waals surface area contributed by atoms with E-state index in [1.807, 2.05) is 6.92 Å². The van der Waals surface area contributed by atoms with E-state index in [0.29, 0.717) is 30.7 Å². The Labute approximate surface area is 181 Å². The van der Waals surface area contributed by atoms with Crippen LogP contribution in [-0.2, 0) is 16.2 Å². The van der Waals surface area contributed by atoms with Crippen molar-refractivity contribution >= 4 is 46.5 Å². The van der Waals surface area contributed by atoms with E-state index in [2.05, 4.69) is 28.4 Å². The van der Waals surface area contributed by atoms with E-state index < -0.39 is 32.8 Å². The molecule has 1 amide bonds. The van der Waals surface area contributed by atoms with E-state index >= 15 is 0 Å². The van der Waals surface area contributed by atoms with E-state index in [1.54, 1.807) is 12.3 Å². The number of aliphatic hydroxyl groups excluding tert-OH is 1. The number of amides is 1. The van der Waals surface area contributed by atoms with E-state index in [4.69, 9.17) is 5.11 Å². The molecule has 0 aliphatic heterocycles. The molecule has 31 heavy (non-hydrogen) atoms. The third-order valence-electron chi connectivity index (χ3n) is 4.66. The molecule has 4 N–H and O–H groups in total. The monoisotopic (exact) mass is 470 g/mol. The van der Waals surface area contributed by atoms with Crippen LogP contribution in [0.4, 0.5) is 20.2 Å². The second kappa shape index (κ2) is 9.80. The Kier molecular flexibility index (Phi) is 7.35. The highest BCUT2D eigenvalue weighted by molar-refractivity contribution is 8.46. The highest BCUT2D eigenvalue weighted by Gasteiger charge is 2.22. The molecule has 11 heteroatoms. The van der Waals surface area contributed by atoms with Crippen LogP contribution in [0.25, 0.3) is 11.0 Å². The molecule has 0 bridgehead atoms. The van der Waals surface area contributed by atoms with Crippen LogP contribution in [0, 0.1) is 11.6 Å². The Morgan fingerprint density at radius 3 is 2.84 bits per heavy atom. The molecular weight excluding hydrogens is 445 g/mol. The van der Waals surface area contributed by atoms with Crippen LogP contribution in [0.2, 0.25) is 0 Å². The fraction of sp³-hybridized carbons (Fsp3) is 0.300. The topological polar surface area (TPSA) is 107 Å². The summed E-state index contributed by atoms with van der Waals surface area (Å²) in [4.78, 5) is 19.9. The molecular formula is C20H25F2N4O3PS. The van der Waals surface area contributed by atoms with Gasteiger partial charge in [-0.05, 0) is 61.2 Å². The Balaban J connectivity index is 1.88. The number of hydrogen-bond donors (Lipinski definition) is 5. The van der Waals surface area contributed by atoms with Crippen LogP contribution in [-0.4, -0.2) is 37.6 Å². The van der Waals surface area contributed by atoms with Gasteiger partial charge in [-0.2, -0.15) is 0 Å². The fourth-order valence-electron chi connectivity index (χ4n) is 3.24. The number of rotatable bonds is 9. The van der Waals surface area contributed by atoms with E-state index in [0.717, 1.165) is 23.1 Å². The van der Waals surface area contributed by atoms with Crippen LogP contribution in [0.3, 0.4) is 0 Å². The number of aromatic nitrogens is 2. The highest BCUT2D eigenvalue weighted by atomic mass is 32.8. The van der Waals surface area contributed by atoms with Gasteiger partial charge in [0.1, 0.15) is 17.0 Å². The van der Waals surface area contributed by atoms with Crippen molar-refractivity contribution in [2.24, 2.45) is 0 Å². The highest BCUT2D eigenvalue weighted by Crippen LogP contribution is 2.28. The first-order valence-corrected chi connectivity index (χ1v) is 13.3. The molecule has 1 unspecified atom stereocenters. The zero-order chi connectivity index (χ0) is 22.6. The largest absolute Gasteiger partial charge is 0.396 e. The van der Waals surface area contributed by atoms with Gasteiger partial charge in [-0.3, -0.25) is 9.00 Å². The molecule has 0 aliphatic rings. The number of thiol groups is 1. The van der Waals surface area contributed by atoms with Gasteiger partial charge in [-0.15, -0.1) is 0 Å². The number of carbonyl (C=O) groups is 1. The molecule has 3 rings (SSSR count). The van der Waals surface area contributed by atoms with Gasteiger partial charge in [0.2, 0.25) is 0 Å². The average molecular weight is 470 g/mol. The van der Waals surface area contributed by atoms with Gasteiger partial charge in [0.15, 0.2) is 5.82 Å². The first-order valence-electron chi connectivity index (χ1n) is 9.78. The molecule has 2 heterocycles. The number of nitrogens with one attached hydrogen (secondary N) is 3. The van der Waals surface area contributed by atoms with Gasteiger partial charge in [0.05, 0.1) is 17.6 Å². The summed E-state index contributed by atoms with van der Waals surface area (Å²) in [5, 5.41) is 12.2. The lowest BCUT2D eigenvalue weighted by Gasteiger charge is -2.22. The number of H-pyrrole nitrogens is 1. The van der Waals surface area contributed by atoms with Crippen molar-refractivity contribution in [1.82, 2.24) is 9.97 Å². The number of aliphatic hydroxyl groups is 1. The summed E-state index contributed by atoms with van der Waals surface area (Å²) >= 11 is 0. The molecule has 2 aromatic heterocycles. The summed E-state index contributed by atoms with van der Waals surface area (Å²) in [5.41, 5.74) is 0.789. The molecule has 0 radical (unpaired) electrons. The minimum Gasteiger partial charge on any atom is -0.396 e. The van der Waals surface area contributed by atoms with Crippen LogP contribution in [0.15, 0.2) is 30.6 Å². The minimum absolute atomic E-state index is 0.0426. The van der Waals surface area contributed by atoms with Crippen LogP contribution in [0.5, 0.6) is 0 Å². The summed E-state index contributed by atoms with van der Waals surface area (Å²) < 4.78 is 44.3. The van der Waals surface area contributed by atoms with Crippen LogP contribution < -0.4 is 10.0 Å². The van der Waals surface area contributed by atoms with Crippen molar-refractivity contribution in [2.75, 3.05) is 22.4 Å². The summed E-state index contributed by atoms with van der Waals surface area (Å²) in [6.45, 7) is 1.88. The fourth-order valence-corrected chi connectivity index (χ4v) is 5.78. The lowest BCUT2D eigenvalue weighted by atomic mass is 10.1. The van der Waals surface area contributed by atoms with Crippen molar-refractivity contribution in [3.63, 3.8) is 0 Å². The first-order chi connectivity index (χ1) is 14.8. The lowest BCUT2D eigenvalue weighted by Crippen LogP contribution is -2.21. The molecule has 0 aliphatic carbocycles. The molecule has 0 spiro atoms. The molecule has 168 valence electrons. The second-order valence-corrected chi connectivity index (χ2v) is 11.9. The van der Waals surface area contributed by atoms with Crippen LogP contribution in [0.1, 0.15) is 35.7 Å². The quantitative estimate of drug-likeness (QED) is 0.244. The van der Waals surface area contributed by atoms with Gasteiger partial charge in [-0.25, -0.2) is 13.8 Å². The van der Waals surface area contributed by atoms with Crippen molar-refractivity contribution in [1.29, 1.82) is 0 Å². The average Bonchev–Trinajstić information content (AvgIpc) is 3.11. The Morgan fingerprint density at radius 1 is 1.35 bits per heavy atom. The summed E-state index contributed by atoms with van der Waals surface area (Å²) in [6.07, 6.45) is 4.93. The van der Waals surface area contributed by atoms with E-state index in [1.165, 1.54) is 6.20 Å². The summed E-state index contributed by atoms with van der Waals surface area (Å²) in [7, 11) is -0.792. The maximum absolute atomic E-state index is 14.9. The van der Waals surface area contributed by atoms with Gasteiger partial charge in [-0.1, -0.05) is 6.92 Å². The second-order valence-electron chi connectivity index (χ2n) is 7.13. The molecule has 0 fully saturated rings. The number of pyridine rings is 1. The number of hydrogen-bond acceptors (Lipinski definition) is 4. The number of anilines is 2. The van der Waals surface area contributed by atoms with Crippen molar-refractivity contribution in [2.45, 2.75) is 26.2 Å². The molecule has 0 saturated carbocycles. The van der Waals surface area contributed by atoms with Gasteiger partial charge < -0.3 is 20.1 Å². The number of benzene rings is 1. The Hall–Kier alpha value is -2.42. The number of aromatic amines is 1. The number of nitrogens with zero attached hydrogens (tertiary/aromatic N) is 1. The predicted octanol–water partition coefficient (Wildman–Crippen LogP) is 3.56. The maximum Gasteiger partial charge on any atom is 0.261 e. The molecule has 7 nitrogen and oxygen atoms in total. The third kappa shape index (κ3) is 5.44. The Morgan fingerprint density at radius 2 is 2.13 bits per heavy atom. The number of fused-ring (bicyclic) bond motifs is 1. The number of halogens is 2. The molecule has 1 atom stereocenters. The van der Waals surface area contributed by atoms with Crippen molar-refractivity contribution < 1.29 is 22.9 Å². The van der Waals surface area contributed by atoms with Crippen molar-refractivity contribution in [3.8, 4) is 0 Å². The summed E-state index contributed by atoms with van der Waals surface area (Å²) in [6, 6.07) is 3.73. The Bertz CT molecular complexity index is 1150. The zero-order valence-electron chi connectivity index (χ0n) is 16.9. The zero-order valence-corrected chi connectivity index (χ0v) is 19.0. The smallest absolute Gasteiger partial charge is 0.261 e. The molecule has 1 aromatic carbocycles. The molecule has 0 saturated heterocycles. The van der Waals surface area contributed by atoms with Crippen molar-refractivity contribution in [3.05, 3.63) is 53.4 Å². The lowest BCUT2D eigenvalue weighted by molar-refractivity contribution is 0.101. The normalized spacial score (nSPS) is 12.2. The first kappa shape index (κ1) is 23.2. The predicted molar refractivity (Wildman–Crippen MR) is 124 cm³/mol. The van der Waals surface area contributed by atoms with Gasteiger partial charge in [0, 0.05) is 23.9 Å². The van der Waals surface area contributed by atoms with Gasteiger partial charge >= 0.3 is 0 Å². The SMILES string of the molecule is CCC[SH](=O)(P)Nc1ccc(F)c(C(=O)Nc2cnc3[nH]cc(CCCO)c3c2)c1F. The number of aryl methyl sites for hydroxylation is 1. The standard InChI is InChI=1S/C20H25F2N4O3PS/c1-2-8-31(29,30)26-16-6-5-15(21)17(18(16)22)20(28)25-13-9-14-12(4-3-7-27)10-23-19(14)24-11-13/h5-6,9-11,27,31H,2-4,7-8,30H2,1H3,(H,23,24)(H,25,28)(H,26,29). The van der Waals surface area contributed by atoms with Crippen LogP contribution >= 0.6 is 8.44 Å². The number of carbonyl (C=O) groups excluding carboxylic acids is 1. The van der Waals surface area contributed by atoms with E-state index in [-0.39, 0.29) is 18.0 Å². The minimum atomic E-state index is -2.97. The van der Waals surface area contributed by atoms with E-state index in [9.17, 15) is 17.8 Å².